The number of aryl methyl sites for hydroxylation is 1. The first-order valence-electron chi connectivity index (χ1n) is 6.35. The summed E-state index contributed by atoms with van der Waals surface area (Å²) in [5, 5.41) is 17.8. The van der Waals surface area contributed by atoms with E-state index in [1.165, 1.54) is 5.56 Å². The number of nitriles is 2. The van der Waals surface area contributed by atoms with Crippen molar-refractivity contribution in [2.75, 3.05) is 11.9 Å². The van der Waals surface area contributed by atoms with Crippen LogP contribution in [-0.4, -0.2) is 7.05 Å². The highest BCUT2D eigenvalue weighted by Crippen LogP contribution is 2.19. The van der Waals surface area contributed by atoms with Crippen molar-refractivity contribution in [2.24, 2.45) is 0 Å². The highest BCUT2D eigenvalue weighted by atomic mass is 15.1. The molecule has 3 nitrogen and oxygen atoms in total. The highest BCUT2D eigenvalue weighted by molar-refractivity contribution is 5.52. The zero-order valence-electron chi connectivity index (χ0n) is 11.6. The van der Waals surface area contributed by atoms with Gasteiger partial charge in [0, 0.05) is 19.3 Å². The number of hydrogen-bond acceptors (Lipinski definition) is 3. The van der Waals surface area contributed by atoms with Crippen LogP contribution in [0.5, 0.6) is 0 Å². The van der Waals surface area contributed by atoms with Gasteiger partial charge in [0.05, 0.1) is 23.3 Å². The largest absolute Gasteiger partial charge is 0.370 e. The van der Waals surface area contributed by atoms with Gasteiger partial charge in [-0.15, -0.1) is 0 Å². The molecule has 0 bridgehead atoms. The molecule has 0 saturated heterocycles. The summed E-state index contributed by atoms with van der Waals surface area (Å²) >= 11 is 0. The molecule has 2 aromatic rings. The van der Waals surface area contributed by atoms with E-state index in [2.05, 4.69) is 17.0 Å². The molecular formula is C17H15N3. The molecule has 98 valence electrons. The minimum Gasteiger partial charge on any atom is -0.370 e. The smallest absolute Gasteiger partial charge is 0.0992 e. The molecule has 3 heteroatoms. The van der Waals surface area contributed by atoms with E-state index in [0.29, 0.717) is 11.1 Å². The molecular weight excluding hydrogens is 246 g/mol. The van der Waals surface area contributed by atoms with Gasteiger partial charge in [-0.05, 0) is 48.4 Å². The summed E-state index contributed by atoms with van der Waals surface area (Å²) in [6.45, 7) is 2.75. The Balaban J connectivity index is 2.21. The van der Waals surface area contributed by atoms with Gasteiger partial charge in [0.1, 0.15) is 0 Å². The Labute approximate surface area is 119 Å². The molecule has 0 aliphatic rings. The maximum atomic E-state index is 8.94. The van der Waals surface area contributed by atoms with Crippen molar-refractivity contribution >= 4 is 5.69 Å². The Morgan fingerprint density at radius 3 is 2.35 bits per heavy atom. The first-order valence-corrected chi connectivity index (χ1v) is 6.35. The van der Waals surface area contributed by atoms with E-state index in [1.807, 2.05) is 50.4 Å². The molecule has 0 fully saturated rings. The zero-order valence-corrected chi connectivity index (χ0v) is 11.6. The molecule has 0 aliphatic heterocycles. The first kappa shape index (κ1) is 13.6. The van der Waals surface area contributed by atoms with Crippen LogP contribution in [0.2, 0.25) is 0 Å². The average molecular weight is 261 g/mol. The molecule has 2 aromatic carbocycles. The SMILES string of the molecule is Cc1cc(C#N)ccc1CN(C)c1cccc(C#N)c1. The Kier molecular flexibility index (Phi) is 4.03. The topological polar surface area (TPSA) is 50.8 Å². The molecule has 0 aromatic heterocycles. The quantitative estimate of drug-likeness (QED) is 0.851. The number of nitrogens with zero attached hydrogens (tertiary/aromatic N) is 3. The van der Waals surface area contributed by atoms with Gasteiger partial charge in [0.15, 0.2) is 0 Å². The first-order chi connectivity index (χ1) is 9.63. The van der Waals surface area contributed by atoms with Crippen molar-refractivity contribution in [3.63, 3.8) is 0 Å². The van der Waals surface area contributed by atoms with Crippen LogP contribution in [0.4, 0.5) is 5.69 Å². The fraction of sp³-hybridized carbons (Fsp3) is 0.176. The third kappa shape index (κ3) is 2.96. The van der Waals surface area contributed by atoms with Crippen LogP contribution in [0.25, 0.3) is 0 Å². The molecule has 0 N–H and O–H groups in total. The normalized spacial score (nSPS) is 9.60. The summed E-state index contributed by atoms with van der Waals surface area (Å²) in [6, 6.07) is 17.6. The molecule has 0 amide bonds. The van der Waals surface area contributed by atoms with Gasteiger partial charge in [-0.3, -0.25) is 0 Å². The summed E-state index contributed by atoms with van der Waals surface area (Å²) in [5.41, 5.74) is 4.63. The van der Waals surface area contributed by atoms with Gasteiger partial charge >= 0.3 is 0 Å². The van der Waals surface area contributed by atoms with Gasteiger partial charge in [-0.2, -0.15) is 10.5 Å². The lowest BCUT2D eigenvalue weighted by Gasteiger charge is -2.20. The van der Waals surface area contributed by atoms with Crippen molar-refractivity contribution < 1.29 is 0 Å². The summed E-state index contributed by atoms with van der Waals surface area (Å²) in [5.74, 6) is 0. The Hall–Kier alpha value is -2.78. The third-order valence-corrected chi connectivity index (χ3v) is 3.30. The summed E-state index contributed by atoms with van der Waals surface area (Å²) in [6.07, 6.45) is 0. The van der Waals surface area contributed by atoms with E-state index >= 15 is 0 Å². The zero-order chi connectivity index (χ0) is 14.5. The number of benzene rings is 2. The van der Waals surface area contributed by atoms with E-state index in [0.717, 1.165) is 17.8 Å². The fourth-order valence-corrected chi connectivity index (χ4v) is 2.10. The van der Waals surface area contributed by atoms with Crippen molar-refractivity contribution in [3.05, 3.63) is 64.7 Å². The molecule has 0 heterocycles. The van der Waals surface area contributed by atoms with Crippen molar-refractivity contribution in [3.8, 4) is 12.1 Å². The fourth-order valence-electron chi connectivity index (χ4n) is 2.10. The maximum absolute atomic E-state index is 8.94. The van der Waals surface area contributed by atoms with Gasteiger partial charge < -0.3 is 4.90 Å². The van der Waals surface area contributed by atoms with E-state index in [9.17, 15) is 0 Å². The van der Waals surface area contributed by atoms with Gasteiger partial charge in [-0.1, -0.05) is 12.1 Å². The van der Waals surface area contributed by atoms with Crippen molar-refractivity contribution in [1.29, 1.82) is 10.5 Å². The molecule has 0 radical (unpaired) electrons. The maximum Gasteiger partial charge on any atom is 0.0992 e. The number of hydrogen-bond donors (Lipinski definition) is 0. The predicted octanol–water partition coefficient (Wildman–Crippen LogP) is 3.37. The molecule has 0 spiro atoms. The van der Waals surface area contributed by atoms with Crippen LogP contribution in [0, 0.1) is 29.6 Å². The third-order valence-electron chi connectivity index (χ3n) is 3.30. The van der Waals surface area contributed by atoms with Crippen LogP contribution < -0.4 is 4.90 Å². The van der Waals surface area contributed by atoms with Crippen LogP contribution in [-0.2, 0) is 6.54 Å². The van der Waals surface area contributed by atoms with Gasteiger partial charge in [-0.25, -0.2) is 0 Å². The monoisotopic (exact) mass is 261 g/mol. The lowest BCUT2D eigenvalue weighted by molar-refractivity contribution is 0.913. The summed E-state index contributed by atoms with van der Waals surface area (Å²) < 4.78 is 0. The Bertz CT molecular complexity index is 705. The van der Waals surface area contributed by atoms with Crippen LogP contribution in [0.1, 0.15) is 22.3 Å². The van der Waals surface area contributed by atoms with E-state index in [-0.39, 0.29) is 0 Å². The average Bonchev–Trinajstić information content (AvgIpc) is 2.49. The minimum absolute atomic E-state index is 0.658. The van der Waals surface area contributed by atoms with Crippen LogP contribution in [0.3, 0.4) is 0 Å². The minimum atomic E-state index is 0.658. The van der Waals surface area contributed by atoms with E-state index in [1.54, 1.807) is 6.07 Å². The second kappa shape index (κ2) is 5.91. The molecule has 20 heavy (non-hydrogen) atoms. The lowest BCUT2D eigenvalue weighted by Crippen LogP contribution is -2.17. The molecule has 0 saturated carbocycles. The second-order valence-electron chi connectivity index (χ2n) is 4.77. The summed E-state index contributed by atoms with van der Waals surface area (Å²) in [7, 11) is 1.99. The van der Waals surface area contributed by atoms with Crippen LogP contribution >= 0.6 is 0 Å². The van der Waals surface area contributed by atoms with Crippen molar-refractivity contribution in [2.45, 2.75) is 13.5 Å². The molecule has 2 rings (SSSR count). The Morgan fingerprint density at radius 1 is 1.00 bits per heavy atom. The molecule has 0 unspecified atom stereocenters. The van der Waals surface area contributed by atoms with E-state index in [4.69, 9.17) is 10.5 Å². The lowest BCUT2D eigenvalue weighted by atomic mass is 10.0. The highest BCUT2D eigenvalue weighted by Gasteiger charge is 2.06. The molecule has 0 aliphatic carbocycles. The van der Waals surface area contributed by atoms with Gasteiger partial charge in [0.25, 0.3) is 0 Å². The standard InChI is InChI=1S/C17H15N3/c1-13-8-15(11-19)6-7-16(13)12-20(2)17-5-3-4-14(9-17)10-18/h3-9H,12H2,1-2H3. The number of anilines is 1. The summed E-state index contributed by atoms with van der Waals surface area (Å²) in [4.78, 5) is 2.09. The molecule has 0 atom stereocenters. The second-order valence-corrected chi connectivity index (χ2v) is 4.77. The van der Waals surface area contributed by atoms with E-state index < -0.39 is 0 Å². The number of rotatable bonds is 3. The van der Waals surface area contributed by atoms with Gasteiger partial charge in [0.2, 0.25) is 0 Å². The van der Waals surface area contributed by atoms with Crippen molar-refractivity contribution in [1.82, 2.24) is 0 Å². The van der Waals surface area contributed by atoms with Crippen LogP contribution in [0.15, 0.2) is 42.5 Å². The predicted molar refractivity (Wildman–Crippen MR) is 79.2 cm³/mol. The Morgan fingerprint density at radius 2 is 1.70 bits per heavy atom.